The van der Waals surface area contributed by atoms with Crippen molar-refractivity contribution in [3.8, 4) is 11.8 Å². The molecular formula is C24H24N6O3. The lowest BCUT2D eigenvalue weighted by atomic mass is 10.0. The molecule has 0 amide bonds. The quantitative estimate of drug-likeness (QED) is 0.408. The number of nitrogen functional groups attached to an aromatic ring is 1. The number of aliphatic hydroxyl groups is 2. The highest BCUT2D eigenvalue weighted by molar-refractivity contribution is 5.98. The maximum Gasteiger partial charge on any atom is 0.190 e. The molecule has 0 saturated carbocycles. The van der Waals surface area contributed by atoms with Gasteiger partial charge < -0.3 is 25.6 Å². The van der Waals surface area contributed by atoms with Crippen LogP contribution in [0, 0.1) is 11.8 Å². The molecule has 0 aliphatic carbocycles. The SMILES string of the molecule is CN(C)c1ccc(C#Cc2nc3c(N)ncnc3n2[C@H]2C[C@H](O)[C@@H](CO)O2)c2ccccc12. The molecule has 5 rings (SSSR count). The van der Waals surface area contributed by atoms with Crippen molar-refractivity contribution in [2.75, 3.05) is 31.3 Å². The number of nitrogens with zero attached hydrogens (tertiary/aromatic N) is 5. The first-order valence-corrected chi connectivity index (χ1v) is 10.6. The third-order valence-electron chi connectivity index (χ3n) is 5.87. The molecular weight excluding hydrogens is 420 g/mol. The zero-order valence-electron chi connectivity index (χ0n) is 18.3. The van der Waals surface area contributed by atoms with Crippen LogP contribution < -0.4 is 10.6 Å². The number of rotatable bonds is 3. The van der Waals surface area contributed by atoms with Gasteiger partial charge in [-0.3, -0.25) is 4.57 Å². The summed E-state index contributed by atoms with van der Waals surface area (Å²) in [6.07, 6.45) is -0.450. The van der Waals surface area contributed by atoms with Gasteiger partial charge in [-0.15, -0.1) is 0 Å². The molecule has 0 radical (unpaired) electrons. The molecule has 1 aliphatic rings. The van der Waals surface area contributed by atoms with Crippen LogP contribution in [0.1, 0.15) is 24.0 Å². The van der Waals surface area contributed by atoms with Crippen LogP contribution in [0.3, 0.4) is 0 Å². The van der Waals surface area contributed by atoms with Crippen molar-refractivity contribution in [1.82, 2.24) is 19.5 Å². The fourth-order valence-corrected chi connectivity index (χ4v) is 4.23. The van der Waals surface area contributed by atoms with Crippen LogP contribution in [0.15, 0.2) is 42.7 Å². The van der Waals surface area contributed by atoms with Crippen LogP contribution in [-0.4, -0.2) is 62.6 Å². The predicted octanol–water partition coefficient (Wildman–Crippen LogP) is 1.67. The van der Waals surface area contributed by atoms with Crippen LogP contribution in [0.4, 0.5) is 11.5 Å². The maximum absolute atomic E-state index is 10.3. The fraction of sp³-hybridized carbons (Fsp3) is 0.292. The summed E-state index contributed by atoms with van der Waals surface area (Å²) in [5.74, 6) is 7.03. The van der Waals surface area contributed by atoms with Gasteiger partial charge in [0.15, 0.2) is 22.8 Å². The normalized spacial score (nSPS) is 20.2. The van der Waals surface area contributed by atoms with E-state index in [0.29, 0.717) is 17.0 Å². The van der Waals surface area contributed by atoms with Gasteiger partial charge in [-0.1, -0.05) is 30.2 Å². The minimum atomic E-state index is -0.806. The molecule has 4 aromatic rings. The summed E-state index contributed by atoms with van der Waals surface area (Å²) in [6, 6.07) is 12.1. The third kappa shape index (κ3) is 3.64. The minimum absolute atomic E-state index is 0.236. The summed E-state index contributed by atoms with van der Waals surface area (Å²) in [6.45, 7) is -0.285. The fourth-order valence-electron chi connectivity index (χ4n) is 4.23. The summed E-state index contributed by atoms with van der Waals surface area (Å²) < 4.78 is 7.59. The highest BCUT2D eigenvalue weighted by Crippen LogP contribution is 2.33. The Bertz CT molecular complexity index is 1400. The Morgan fingerprint density at radius 3 is 2.67 bits per heavy atom. The van der Waals surface area contributed by atoms with Crippen molar-refractivity contribution in [2.24, 2.45) is 0 Å². The van der Waals surface area contributed by atoms with E-state index in [1.54, 1.807) is 4.57 Å². The monoisotopic (exact) mass is 444 g/mol. The van der Waals surface area contributed by atoms with Crippen LogP contribution in [0.5, 0.6) is 0 Å². The molecule has 2 aromatic heterocycles. The molecule has 4 N–H and O–H groups in total. The van der Waals surface area contributed by atoms with Gasteiger partial charge in [0.25, 0.3) is 0 Å². The first-order chi connectivity index (χ1) is 16.0. The number of benzene rings is 2. The van der Waals surface area contributed by atoms with Gasteiger partial charge in [-0.2, -0.15) is 0 Å². The minimum Gasteiger partial charge on any atom is -0.394 e. The molecule has 0 bridgehead atoms. The van der Waals surface area contributed by atoms with E-state index in [0.717, 1.165) is 22.0 Å². The van der Waals surface area contributed by atoms with E-state index >= 15 is 0 Å². The highest BCUT2D eigenvalue weighted by atomic mass is 16.5. The highest BCUT2D eigenvalue weighted by Gasteiger charge is 2.36. The van der Waals surface area contributed by atoms with Crippen molar-refractivity contribution in [3.63, 3.8) is 0 Å². The summed E-state index contributed by atoms with van der Waals surface area (Å²) in [4.78, 5) is 15.0. The zero-order valence-corrected chi connectivity index (χ0v) is 18.3. The Hall–Kier alpha value is -3.71. The lowest BCUT2D eigenvalue weighted by molar-refractivity contribution is -0.0434. The van der Waals surface area contributed by atoms with Crippen LogP contribution in [0.25, 0.3) is 21.9 Å². The van der Waals surface area contributed by atoms with Gasteiger partial charge in [-0.05, 0) is 23.4 Å². The van der Waals surface area contributed by atoms with E-state index < -0.39 is 18.4 Å². The van der Waals surface area contributed by atoms with Crippen molar-refractivity contribution in [3.05, 3.63) is 54.1 Å². The number of aliphatic hydroxyl groups excluding tert-OH is 2. The van der Waals surface area contributed by atoms with E-state index in [-0.39, 0.29) is 18.8 Å². The molecule has 0 spiro atoms. The van der Waals surface area contributed by atoms with Gasteiger partial charge in [0.2, 0.25) is 0 Å². The molecule has 1 fully saturated rings. The standard InChI is InChI=1S/C24H24N6O3/c1-29(2)17-9-7-14(15-5-3-4-6-16(15)17)8-10-20-28-22-23(25)26-13-27-24(22)30(20)21-11-18(32)19(12-31)33-21/h3-7,9,13,18-19,21,31-32H,11-12H2,1-2H3,(H2,25,26,27)/t18-,19+,21+/m0/s1. The largest absolute Gasteiger partial charge is 0.394 e. The van der Waals surface area contributed by atoms with E-state index in [1.165, 1.54) is 6.33 Å². The molecule has 2 aromatic carbocycles. The number of aromatic nitrogens is 4. The van der Waals surface area contributed by atoms with Gasteiger partial charge >= 0.3 is 0 Å². The Morgan fingerprint density at radius 2 is 1.94 bits per heavy atom. The van der Waals surface area contributed by atoms with Crippen molar-refractivity contribution in [2.45, 2.75) is 24.9 Å². The summed E-state index contributed by atoms with van der Waals surface area (Å²) in [7, 11) is 4.02. The smallest absolute Gasteiger partial charge is 0.190 e. The lowest BCUT2D eigenvalue weighted by Gasteiger charge is -2.16. The summed E-state index contributed by atoms with van der Waals surface area (Å²) in [5.41, 5.74) is 8.88. The van der Waals surface area contributed by atoms with Crippen molar-refractivity contribution >= 4 is 33.4 Å². The molecule has 1 saturated heterocycles. The summed E-state index contributed by atoms with van der Waals surface area (Å²) in [5, 5.41) is 21.9. The Morgan fingerprint density at radius 1 is 1.15 bits per heavy atom. The topological polar surface area (TPSA) is 123 Å². The molecule has 3 atom stereocenters. The summed E-state index contributed by atoms with van der Waals surface area (Å²) >= 11 is 0. The molecule has 168 valence electrons. The first kappa shape index (κ1) is 21.2. The second kappa shape index (κ2) is 8.33. The van der Waals surface area contributed by atoms with Gasteiger partial charge in [0.05, 0.1) is 12.7 Å². The molecule has 9 heteroatoms. The number of nitrogens with two attached hydrogens (primary N) is 1. The molecule has 9 nitrogen and oxygen atoms in total. The average Bonchev–Trinajstić information content (AvgIpc) is 3.37. The zero-order chi connectivity index (χ0) is 23.1. The van der Waals surface area contributed by atoms with E-state index in [1.807, 2.05) is 44.4 Å². The second-order valence-corrected chi connectivity index (χ2v) is 8.17. The molecule has 33 heavy (non-hydrogen) atoms. The molecule has 0 unspecified atom stereocenters. The lowest BCUT2D eigenvalue weighted by Crippen LogP contribution is -2.24. The van der Waals surface area contributed by atoms with Gasteiger partial charge in [0, 0.05) is 37.2 Å². The molecule has 3 heterocycles. The second-order valence-electron chi connectivity index (χ2n) is 8.17. The van der Waals surface area contributed by atoms with Crippen LogP contribution in [-0.2, 0) is 4.74 Å². The van der Waals surface area contributed by atoms with Gasteiger partial charge in [0.1, 0.15) is 18.7 Å². The van der Waals surface area contributed by atoms with E-state index in [9.17, 15) is 10.2 Å². The van der Waals surface area contributed by atoms with Crippen LogP contribution in [0.2, 0.25) is 0 Å². The third-order valence-corrected chi connectivity index (χ3v) is 5.87. The Labute approximate surface area is 190 Å². The Kier molecular flexibility index (Phi) is 5.34. The average molecular weight is 444 g/mol. The predicted molar refractivity (Wildman–Crippen MR) is 126 cm³/mol. The number of anilines is 2. The number of ether oxygens (including phenoxy) is 1. The van der Waals surface area contributed by atoms with Crippen LogP contribution >= 0.6 is 0 Å². The van der Waals surface area contributed by atoms with Crippen molar-refractivity contribution < 1.29 is 14.9 Å². The maximum atomic E-state index is 10.3. The van der Waals surface area contributed by atoms with E-state index in [2.05, 4.69) is 37.8 Å². The number of imidazole rings is 1. The van der Waals surface area contributed by atoms with Crippen molar-refractivity contribution in [1.29, 1.82) is 0 Å². The van der Waals surface area contributed by atoms with Gasteiger partial charge in [-0.25, -0.2) is 15.0 Å². The molecule has 1 aliphatic heterocycles. The number of hydrogen-bond donors (Lipinski definition) is 3. The van der Waals surface area contributed by atoms with E-state index in [4.69, 9.17) is 10.5 Å². The number of hydrogen-bond acceptors (Lipinski definition) is 8. The Balaban J connectivity index is 1.65. The number of fused-ring (bicyclic) bond motifs is 2. The first-order valence-electron chi connectivity index (χ1n) is 10.6.